The molecule has 4 nitrogen and oxygen atoms in total. The summed E-state index contributed by atoms with van der Waals surface area (Å²) < 4.78 is 0. The molecule has 1 aliphatic rings. The molecule has 0 saturated carbocycles. The van der Waals surface area contributed by atoms with Gasteiger partial charge in [-0.1, -0.05) is 18.2 Å². The van der Waals surface area contributed by atoms with E-state index in [1.807, 2.05) is 0 Å². The lowest BCUT2D eigenvalue weighted by molar-refractivity contribution is -0.137. The summed E-state index contributed by atoms with van der Waals surface area (Å²) in [5, 5.41) is 27.0. The van der Waals surface area contributed by atoms with Crippen molar-refractivity contribution < 1.29 is 20.1 Å². The molecule has 0 aromatic rings. The quantitative estimate of drug-likeness (QED) is 0.580. The highest BCUT2D eigenvalue weighted by atomic mass is 16.4. The number of aliphatic hydroxyl groups is 2. The maximum Gasteiger partial charge on any atom is 0.303 e. The summed E-state index contributed by atoms with van der Waals surface area (Å²) in [5.41, 5.74) is 0.567. The molecule has 13 heavy (non-hydrogen) atoms. The van der Waals surface area contributed by atoms with Gasteiger partial charge in [0.05, 0.1) is 0 Å². The van der Waals surface area contributed by atoms with Gasteiger partial charge in [0.25, 0.3) is 0 Å². The Morgan fingerprint density at radius 3 is 2.77 bits per heavy atom. The maximum absolute atomic E-state index is 10.2. The number of hydrogen-bond acceptors (Lipinski definition) is 3. The highest BCUT2D eigenvalue weighted by Crippen LogP contribution is 2.18. The Kier molecular flexibility index (Phi) is 3.22. The molecule has 0 heterocycles. The second kappa shape index (κ2) is 4.20. The second-order valence-corrected chi connectivity index (χ2v) is 2.96. The van der Waals surface area contributed by atoms with Gasteiger partial charge in [-0.3, -0.25) is 4.79 Å². The lowest BCUT2D eigenvalue weighted by atomic mass is 9.95. The minimum atomic E-state index is -0.954. The van der Waals surface area contributed by atoms with Gasteiger partial charge in [0.1, 0.15) is 12.2 Å². The number of aliphatic carboxylic acids is 1. The fraction of sp³-hybridized carbons (Fsp3) is 0.444. The summed E-state index contributed by atoms with van der Waals surface area (Å²) in [4.78, 5) is 10.2. The monoisotopic (exact) mass is 184 g/mol. The highest BCUT2D eigenvalue weighted by molar-refractivity contribution is 5.67. The molecule has 1 rings (SSSR count). The molecule has 0 radical (unpaired) electrons. The molecule has 1 aliphatic carbocycles. The van der Waals surface area contributed by atoms with E-state index in [1.165, 1.54) is 6.08 Å². The largest absolute Gasteiger partial charge is 0.481 e. The van der Waals surface area contributed by atoms with Crippen LogP contribution >= 0.6 is 0 Å². The molecular weight excluding hydrogens is 172 g/mol. The molecule has 0 amide bonds. The molecule has 0 aromatic carbocycles. The van der Waals surface area contributed by atoms with Crippen molar-refractivity contribution in [2.24, 2.45) is 0 Å². The van der Waals surface area contributed by atoms with Crippen LogP contribution in [0, 0.1) is 0 Å². The van der Waals surface area contributed by atoms with E-state index >= 15 is 0 Å². The second-order valence-electron chi connectivity index (χ2n) is 2.96. The van der Waals surface area contributed by atoms with Crippen LogP contribution in [0.3, 0.4) is 0 Å². The van der Waals surface area contributed by atoms with Crippen LogP contribution in [-0.2, 0) is 4.79 Å². The SMILES string of the molecule is O=C(O)CCC1=CC=CC(O)C1O. The number of allylic oxidation sites excluding steroid dienone is 2. The van der Waals surface area contributed by atoms with Gasteiger partial charge in [-0.25, -0.2) is 0 Å². The van der Waals surface area contributed by atoms with Crippen LogP contribution < -0.4 is 0 Å². The third-order valence-corrected chi connectivity index (χ3v) is 1.95. The van der Waals surface area contributed by atoms with E-state index in [1.54, 1.807) is 12.2 Å². The standard InChI is InChI=1S/C9H12O4/c10-7-3-1-2-6(9(7)13)4-5-8(11)12/h1-3,7,9-10,13H,4-5H2,(H,11,12). The molecule has 2 unspecified atom stereocenters. The van der Waals surface area contributed by atoms with Gasteiger partial charge in [0.15, 0.2) is 0 Å². The predicted molar refractivity (Wildman–Crippen MR) is 46.1 cm³/mol. The Morgan fingerprint density at radius 2 is 2.15 bits per heavy atom. The van der Waals surface area contributed by atoms with Crippen LogP contribution in [0.1, 0.15) is 12.8 Å². The number of carboxylic acid groups (broad SMARTS) is 1. The Hall–Kier alpha value is -1.13. The Labute approximate surface area is 75.8 Å². The Balaban J connectivity index is 2.53. The van der Waals surface area contributed by atoms with Crippen LogP contribution in [0.4, 0.5) is 0 Å². The zero-order valence-corrected chi connectivity index (χ0v) is 7.05. The lowest BCUT2D eigenvalue weighted by Gasteiger charge is -2.20. The van der Waals surface area contributed by atoms with Crippen molar-refractivity contribution in [3.63, 3.8) is 0 Å². The van der Waals surface area contributed by atoms with E-state index in [0.717, 1.165) is 0 Å². The smallest absolute Gasteiger partial charge is 0.303 e. The van der Waals surface area contributed by atoms with Gasteiger partial charge in [-0.15, -0.1) is 0 Å². The molecule has 0 aromatic heterocycles. The number of carbonyl (C=O) groups is 1. The number of carboxylic acids is 1. The molecular formula is C9H12O4. The number of aliphatic hydroxyl groups excluding tert-OH is 2. The van der Waals surface area contributed by atoms with Crippen molar-refractivity contribution in [2.75, 3.05) is 0 Å². The van der Waals surface area contributed by atoms with Gasteiger partial charge in [0, 0.05) is 6.42 Å². The molecule has 2 atom stereocenters. The summed E-state index contributed by atoms with van der Waals surface area (Å²) >= 11 is 0. The number of rotatable bonds is 3. The van der Waals surface area contributed by atoms with E-state index in [9.17, 15) is 15.0 Å². The van der Waals surface area contributed by atoms with Gasteiger partial charge in [0.2, 0.25) is 0 Å². The minimum Gasteiger partial charge on any atom is -0.481 e. The van der Waals surface area contributed by atoms with E-state index in [-0.39, 0.29) is 12.8 Å². The zero-order valence-electron chi connectivity index (χ0n) is 7.05. The van der Waals surface area contributed by atoms with E-state index < -0.39 is 18.2 Å². The van der Waals surface area contributed by atoms with Crippen molar-refractivity contribution >= 4 is 5.97 Å². The fourth-order valence-corrected chi connectivity index (χ4v) is 1.20. The molecule has 4 heteroatoms. The highest BCUT2D eigenvalue weighted by Gasteiger charge is 2.20. The lowest BCUT2D eigenvalue weighted by Crippen LogP contribution is -2.28. The van der Waals surface area contributed by atoms with Gasteiger partial charge >= 0.3 is 5.97 Å². The van der Waals surface area contributed by atoms with Crippen LogP contribution in [0.5, 0.6) is 0 Å². The summed E-state index contributed by atoms with van der Waals surface area (Å²) in [5.74, 6) is -0.905. The third-order valence-electron chi connectivity index (χ3n) is 1.95. The van der Waals surface area contributed by atoms with Crippen molar-refractivity contribution in [3.8, 4) is 0 Å². The van der Waals surface area contributed by atoms with Crippen LogP contribution in [0.2, 0.25) is 0 Å². The first-order valence-corrected chi connectivity index (χ1v) is 4.06. The van der Waals surface area contributed by atoms with E-state index in [4.69, 9.17) is 5.11 Å². The normalized spacial score (nSPS) is 27.1. The minimum absolute atomic E-state index is 0.0244. The van der Waals surface area contributed by atoms with Crippen LogP contribution in [0.25, 0.3) is 0 Å². The first-order chi connectivity index (χ1) is 6.11. The van der Waals surface area contributed by atoms with Crippen molar-refractivity contribution in [3.05, 3.63) is 23.8 Å². The summed E-state index contributed by atoms with van der Waals surface area (Å²) in [7, 11) is 0. The van der Waals surface area contributed by atoms with Crippen molar-refractivity contribution in [1.82, 2.24) is 0 Å². The first kappa shape index (κ1) is 9.95. The molecule has 0 bridgehead atoms. The predicted octanol–water partition coefficient (Wildman–Crippen LogP) is 0.0692. The average molecular weight is 184 g/mol. The van der Waals surface area contributed by atoms with Gasteiger partial charge in [-0.05, 0) is 12.0 Å². The summed E-state index contributed by atoms with van der Waals surface area (Å²) in [6, 6.07) is 0. The molecule has 72 valence electrons. The summed E-state index contributed by atoms with van der Waals surface area (Å²) in [6.45, 7) is 0. The zero-order chi connectivity index (χ0) is 9.84. The Bertz CT molecular complexity index is 254. The fourth-order valence-electron chi connectivity index (χ4n) is 1.20. The third kappa shape index (κ3) is 2.68. The summed E-state index contributed by atoms with van der Waals surface area (Å²) in [6.07, 6.45) is 3.11. The topological polar surface area (TPSA) is 77.8 Å². The van der Waals surface area contributed by atoms with Crippen molar-refractivity contribution in [1.29, 1.82) is 0 Å². The maximum atomic E-state index is 10.2. The number of hydrogen-bond donors (Lipinski definition) is 3. The van der Waals surface area contributed by atoms with E-state index in [2.05, 4.69) is 0 Å². The van der Waals surface area contributed by atoms with E-state index in [0.29, 0.717) is 5.57 Å². The molecule has 3 N–H and O–H groups in total. The molecule has 0 saturated heterocycles. The van der Waals surface area contributed by atoms with Gasteiger partial charge < -0.3 is 15.3 Å². The first-order valence-electron chi connectivity index (χ1n) is 4.06. The van der Waals surface area contributed by atoms with Crippen LogP contribution in [-0.4, -0.2) is 33.5 Å². The van der Waals surface area contributed by atoms with Crippen LogP contribution in [0.15, 0.2) is 23.8 Å². The van der Waals surface area contributed by atoms with Gasteiger partial charge in [-0.2, -0.15) is 0 Å². The van der Waals surface area contributed by atoms with Crippen molar-refractivity contribution in [2.45, 2.75) is 25.0 Å². The molecule has 0 aliphatic heterocycles. The Morgan fingerprint density at radius 1 is 1.46 bits per heavy atom. The average Bonchev–Trinajstić information content (AvgIpc) is 2.07. The molecule has 0 fully saturated rings. The molecule has 0 spiro atoms.